The molecule has 1 atom stereocenters. The van der Waals surface area contributed by atoms with Crippen molar-refractivity contribution in [3.8, 4) is 5.75 Å². The highest BCUT2D eigenvalue weighted by molar-refractivity contribution is 9.10. The van der Waals surface area contributed by atoms with E-state index >= 15 is 0 Å². The molecule has 2 nitrogen and oxygen atoms in total. The standard InChI is InChI=1S/C17H19BrClNO/c1-3-20-17(14-7-5-6-8-16(14)19)13-10-9-12(21-4-2)11-15(13)18/h5-11,17,20H,3-4H2,1-2H3. The smallest absolute Gasteiger partial charge is 0.120 e. The predicted molar refractivity (Wildman–Crippen MR) is 92.3 cm³/mol. The van der Waals surface area contributed by atoms with Gasteiger partial charge in [0.2, 0.25) is 0 Å². The van der Waals surface area contributed by atoms with Gasteiger partial charge in [-0.3, -0.25) is 0 Å². The van der Waals surface area contributed by atoms with Gasteiger partial charge in [-0.05, 0) is 42.8 Å². The average molecular weight is 369 g/mol. The summed E-state index contributed by atoms with van der Waals surface area (Å²) < 4.78 is 6.55. The quantitative estimate of drug-likeness (QED) is 0.756. The number of hydrogen-bond donors (Lipinski definition) is 1. The van der Waals surface area contributed by atoms with Crippen molar-refractivity contribution in [2.75, 3.05) is 13.2 Å². The summed E-state index contributed by atoms with van der Waals surface area (Å²) in [5, 5.41) is 4.26. The van der Waals surface area contributed by atoms with E-state index in [9.17, 15) is 0 Å². The zero-order valence-electron chi connectivity index (χ0n) is 12.2. The summed E-state index contributed by atoms with van der Waals surface area (Å²) in [5.74, 6) is 0.863. The van der Waals surface area contributed by atoms with E-state index in [-0.39, 0.29) is 6.04 Å². The van der Waals surface area contributed by atoms with Crippen molar-refractivity contribution < 1.29 is 4.74 Å². The summed E-state index contributed by atoms with van der Waals surface area (Å²) >= 11 is 10.0. The molecule has 2 rings (SSSR count). The number of nitrogens with one attached hydrogen (secondary N) is 1. The van der Waals surface area contributed by atoms with Gasteiger partial charge >= 0.3 is 0 Å². The van der Waals surface area contributed by atoms with Crippen LogP contribution in [0.4, 0.5) is 0 Å². The second-order valence-electron chi connectivity index (χ2n) is 4.63. The lowest BCUT2D eigenvalue weighted by atomic mass is 9.98. The lowest BCUT2D eigenvalue weighted by Crippen LogP contribution is -2.22. The monoisotopic (exact) mass is 367 g/mol. The molecular formula is C17H19BrClNO. The second kappa shape index (κ2) is 7.83. The molecule has 112 valence electrons. The fourth-order valence-electron chi connectivity index (χ4n) is 2.30. The van der Waals surface area contributed by atoms with Crippen LogP contribution in [-0.4, -0.2) is 13.2 Å². The van der Waals surface area contributed by atoms with Gasteiger partial charge < -0.3 is 10.1 Å². The molecule has 21 heavy (non-hydrogen) atoms. The molecule has 0 aliphatic rings. The van der Waals surface area contributed by atoms with E-state index < -0.39 is 0 Å². The van der Waals surface area contributed by atoms with Crippen LogP contribution >= 0.6 is 27.5 Å². The van der Waals surface area contributed by atoms with E-state index in [1.54, 1.807) is 0 Å². The van der Waals surface area contributed by atoms with E-state index in [4.69, 9.17) is 16.3 Å². The highest BCUT2D eigenvalue weighted by Gasteiger charge is 2.18. The molecule has 0 radical (unpaired) electrons. The summed E-state index contributed by atoms with van der Waals surface area (Å²) in [6.07, 6.45) is 0. The SMILES string of the molecule is CCNC(c1ccccc1Cl)c1ccc(OCC)cc1Br. The first-order chi connectivity index (χ1) is 10.2. The Morgan fingerprint density at radius 3 is 2.52 bits per heavy atom. The number of rotatable bonds is 6. The Hall–Kier alpha value is -1.03. The topological polar surface area (TPSA) is 21.3 Å². The Morgan fingerprint density at radius 1 is 1.14 bits per heavy atom. The highest BCUT2D eigenvalue weighted by Crippen LogP contribution is 2.34. The molecule has 0 heterocycles. The molecule has 0 aliphatic heterocycles. The van der Waals surface area contributed by atoms with Crippen LogP contribution in [0.25, 0.3) is 0 Å². The Balaban J connectivity index is 2.41. The molecule has 0 aliphatic carbocycles. The van der Waals surface area contributed by atoms with E-state index in [2.05, 4.69) is 40.3 Å². The van der Waals surface area contributed by atoms with Crippen molar-refractivity contribution in [3.63, 3.8) is 0 Å². The Bertz CT molecular complexity index is 603. The number of hydrogen-bond acceptors (Lipinski definition) is 2. The van der Waals surface area contributed by atoms with Crippen molar-refractivity contribution in [1.82, 2.24) is 5.32 Å². The van der Waals surface area contributed by atoms with Crippen molar-refractivity contribution in [2.24, 2.45) is 0 Å². The number of benzene rings is 2. The van der Waals surface area contributed by atoms with Crippen LogP contribution in [0.5, 0.6) is 5.75 Å². The van der Waals surface area contributed by atoms with E-state index in [1.165, 1.54) is 0 Å². The van der Waals surface area contributed by atoms with Crippen LogP contribution in [0.2, 0.25) is 5.02 Å². The highest BCUT2D eigenvalue weighted by atomic mass is 79.9. The molecule has 0 aromatic heterocycles. The summed E-state index contributed by atoms with van der Waals surface area (Å²) in [7, 11) is 0. The zero-order chi connectivity index (χ0) is 15.2. The molecule has 0 saturated heterocycles. The molecule has 2 aromatic carbocycles. The van der Waals surface area contributed by atoms with Crippen molar-refractivity contribution in [2.45, 2.75) is 19.9 Å². The largest absolute Gasteiger partial charge is 0.494 e. The normalized spacial score (nSPS) is 12.2. The average Bonchev–Trinajstić information content (AvgIpc) is 2.47. The second-order valence-corrected chi connectivity index (χ2v) is 5.89. The lowest BCUT2D eigenvalue weighted by molar-refractivity contribution is 0.340. The van der Waals surface area contributed by atoms with E-state index in [0.717, 1.165) is 32.9 Å². The Morgan fingerprint density at radius 2 is 1.90 bits per heavy atom. The Kier molecular flexibility index (Phi) is 6.09. The van der Waals surface area contributed by atoms with Gasteiger partial charge in [-0.1, -0.05) is 58.7 Å². The minimum atomic E-state index is 0.0498. The van der Waals surface area contributed by atoms with Gasteiger partial charge in [0, 0.05) is 9.50 Å². The zero-order valence-corrected chi connectivity index (χ0v) is 14.5. The molecule has 0 amide bonds. The predicted octanol–water partition coefficient (Wildman–Crippen LogP) is 5.20. The molecule has 1 N–H and O–H groups in total. The Labute approximate surface area is 139 Å². The number of ether oxygens (including phenoxy) is 1. The maximum absolute atomic E-state index is 6.36. The van der Waals surface area contributed by atoms with Crippen LogP contribution in [0.3, 0.4) is 0 Å². The number of halogens is 2. The van der Waals surface area contributed by atoms with Crippen molar-refractivity contribution in [1.29, 1.82) is 0 Å². The maximum Gasteiger partial charge on any atom is 0.120 e. The van der Waals surface area contributed by atoms with Crippen LogP contribution in [0.15, 0.2) is 46.9 Å². The van der Waals surface area contributed by atoms with Gasteiger partial charge in [0.25, 0.3) is 0 Å². The first-order valence-electron chi connectivity index (χ1n) is 7.07. The maximum atomic E-state index is 6.36. The van der Waals surface area contributed by atoms with Gasteiger partial charge in [-0.25, -0.2) is 0 Å². The molecule has 4 heteroatoms. The summed E-state index contributed by atoms with van der Waals surface area (Å²) in [4.78, 5) is 0. The fourth-order valence-corrected chi connectivity index (χ4v) is 3.13. The van der Waals surface area contributed by atoms with Crippen molar-refractivity contribution >= 4 is 27.5 Å². The fraction of sp³-hybridized carbons (Fsp3) is 0.294. The van der Waals surface area contributed by atoms with Crippen LogP contribution in [0, 0.1) is 0 Å². The van der Waals surface area contributed by atoms with Gasteiger partial charge in [0.1, 0.15) is 5.75 Å². The molecule has 0 spiro atoms. The lowest BCUT2D eigenvalue weighted by Gasteiger charge is -2.22. The molecule has 0 fully saturated rings. The first-order valence-corrected chi connectivity index (χ1v) is 8.24. The molecule has 2 aromatic rings. The van der Waals surface area contributed by atoms with Gasteiger partial charge in [-0.15, -0.1) is 0 Å². The minimum absolute atomic E-state index is 0.0498. The van der Waals surface area contributed by atoms with Crippen molar-refractivity contribution in [3.05, 3.63) is 63.1 Å². The summed E-state index contributed by atoms with van der Waals surface area (Å²) in [5.41, 5.74) is 2.22. The molecule has 0 bridgehead atoms. The third-order valence-corrected chi connectivity index (χ3v) is 4.25. The molecular weight excluding hydrogens is 350 g/mol. The molecule has 0 saturated carbocycles. The molecule has 1 unspecified atom stereocenters. The van der Waals surface area contributed by atoms with E-state index in [1.807, 2.05) is 37.3 Å². The summed E-state index contributed by atoms with van der Waals surface area (Å²) in [6.45, 7) is 5.59. The minimum Gasteiger partial charge on any atom is -0.494 e. The van der Waals surface area contributed by atoms with Gasteiger partial charge in [0.15, 0.2) is 0 Å². The van der Waals surface area contributed by atoms with Crippen LogP contribution in [-0.2, 0) is 0 Å². The summed E-state index contributed by atoms with van der Waals surface area (Å²) in [6, 6.07) is 14.0. The van der Waals surface area contributed by atoms with E-state index in [0.29, 0.717) is 6.61 Å². The van der Waals surface area contributed by atoms with Crippen LogP contribution < -0.4 is 10.1 Å². The third-order valence-electron chi connectivity index (χ3n) is 3.22. The van der Waals surface area contributed by atoms with Crippen LogP contribution in [0.1, 0.15) is 31.0 Å². The first kappa shape index (κ1) is 16.3. The third kappa shape index (κ3) is 4.00. The van der Waals surface area contributed by atoms with Gasteiger partial charge in [-0.2, -0.15) is 0 Å². The van der Waals surface area contributed by atoms with Gasteiger partial charge in [0.05, 0.1) is 12.6 Å².